The number of carbonyl (C=O) groups excluding carboxylic acids is 1. The van der Waals surface area contributed by atoms with Gasteiger partial charge in [-0.25, -0.2) is 9.67 Å². The number of H-pyrrole nitrogens is 1. The lowest BCUT2D eigenvalue weighted by Crippen LogP contribution is -2.27. The van der Waals surface area contributed by atoms with Gasteiger partial charge in [0.2, 0.25) is 11.9 Å². The van der Waals surface area contributed by atoms with Crippen LogP contribution in [0.2, 0.25) is 0 Å². The number of anilines is 1. The molecule has 0 fully saturated rings. The van der Waals surface area contributed by atoms with Crippen molar-refractivity contribution in [3.63, 3.8) is 0 Å². The number of nitrogens with one attached hydrogen (secondary N) is 2. The maximum absolute atomic E-state index is 12.4. The largest absolute Gasteiger partial charge is 0.331 e. The average molecular weight is 311 g/mol. The van der Waals surface area contributed by atoms with E-state index in [-0.39, 0.29) is 23.9 Å². The molecule has 0 atom stereocenters. The van der Waals surface area contributed by atoms with Crippen molar-refractivity contribution in [3.8, 4) is 0 Å². The van der Waals surface area contributed by atoms with Gasteiger partial charge in [-0.15, -0.1) is 0 Å². The third-order valence-corrected chi connectivity index (χ3v) is 3.48. The van der Waals surface area contributed by atoms with E-state index in [1.165, 1.54) is 4.68 Å². The van der Waals surface area contributed by atoms with E-state index in [1.807, 2.05) is 26.0 Å². The summed E-state index contributed by atoms with van der Waals surface area (Å²) in [7, 11) is 0. The maximum atomic E-state index is 12.4. The normalized spacial score (nSPS) is 11.1. The van der Waals surface area contributed by atoms with Gasteiger partial charge in [-0.1, -0.05) is 18.2 Å². The lowest BCUT2D eigenvalue weighted by atomic mass is 10.1. The van der Waals surface area contributed by atoms with Gasteiger partial charge in [0.15, 0.2) is 0 Å². The molecule has 2 heterocycles. The van der Waals surface area contributed by atoms with Gasteiger partial charge >= 0.3 is 0 Å². The summed E-state index contributed by atoms with van der Waals surface area (Å²) in [4.78, 5) is 31.4. The number of nitrogens with zero attached hydrogens (tertiary/aromatic N) is 3. The highest BCUT2D eigenvalue weighted by atomic mass is 16.2. The fraction of sp³-hybridized carbons (Fsp3) is 0.250. The summed E-state index contributed by atoms with van der Waals surface area (Å²) in [5.74, 6) is 0.142. The zero-order chi connectivity index (χ0) is 16.4. The van der Waals surface area contributed by atoms with Gasteiger partial charge in [-0.3, -0.25) is 14.9 Å². The molecule has 0 radical (unpaired) electrons. The van der Waals surface area contributed by atoms with Crippen LogP contribution in [0.15, 0.2) is 41.5 Å². The smallest absolute Gasteiger partial charge is 0.274 e. The second-order valence-electron chi connectivity index (χ2n) is 5.50. The second kappa shape index (κ2) is 6.04. The molecule has 0 bridgehead atoms. The summed E-state index contributed by atoms with van der Waals surface area (Å²) >= 11 is 0. The fourth-order valence-corrected chi connectivity index (χ4v) is 2.42. The average Bonchev–Trinajstić information content (AvgIpc) is 3.02. The zero-order valence-electron chi connectivity index (χ0n) is 12.9. The molecule has 1 aromatic carbocycles. The Morgan fingerprint density at radius 3 is 2.70 bits per heavy atom. The minimum atomic E-state index is -0.244. The molecule has 0 aliphatic heterocycles. The number of rotatable bonds is 4. The standard InChI is InChI=1S/C16H17N5O2/c1-10(2)21-15(23)12-6-4-3-5-11(12)13(20-21)9-14(22)19-16-17-7-8-18-16/h3-8,10H,9H2,1-2H3,(H2,17,18,19,22). The first-order valence-corrected chi connectivity index (χ1v) is 7.36. The molecule has 2 N–H and O–H groups in total. The van der Waals surface area contributed by atoms with Crippen molar-refractivity contribution in [1.29, 1.82) is 0 Å². The summed E-state index contributed by atoms with van der Waals surface area (Å²) in [6, 6.07) is 7.12. The van der Waals surface area contributed by atoms with Crippen LogP contribution in [0, 0.1) is 0 Å². The molecule has 3 rings (SSSR count). The number of carbonyl (C=O) groups is 1. The summed E-state index contributed by atoms with van der Waals surface area (Å²) < 4.78 is 1.41. The lowest BCUT2D eigenvalue weighted by molar-refractivity contribution is -0.115. The van der Waals surface area contributed by atoms with Crippen molar-refractivity contribution >= 4 is 22.6 Å². The van der Waals surface area contributed by atoms with E-state index in [9.17, 15) is 9.59 Å². The van der Waals surface area contributed by atoms with Crippen LogP contribution < -0.4 is 10.9 Å². The summed E-state index contributed by atoms with van der Waals surface area (Å²) in [5, 5.41) is 8.31. The van der Waals surface area contributed by atoms with Crippen LogP contribution in [-0.2, 0) is 11.2 Å². The first kappa shape index (κ1) is 15.0. The van der Waals surface area contributed by atoms with Gasteiger partial charge in [0.1, 0.15) is 0 Å². The van der Waals surface area contributed by atoms with Gasteiger partial charge in [0.05, 0.1) is 23.5 Å². The van der Waals surface area contributed by atoms with Crippen LogP contribution in [0.3, 0.4) is 0 Å². The van der Waals surface area contributed by atoms with E-state index in [0.29, 0.717) is 22.4 Å². The first-order chi connectivity index (χ1) is 11.1. The molecule has 0 aliphatic rings. The Kier molecular flexibility index (Phi) is 3.92. The Morgan fingerprint density at radius 1 is 1.30 bits per heavy atom. The summed E-state index contributed by atoms with van der Waals surface area (Å²) in [6.45, 7) is 3.77. The Bertz CT molecular complexity index is 896. The van der Waals surface area contributed by atoms with Crippen LogP contribution in [0.25, 0.3) is 10.8 Å². The topological polar surface area (TPSA) is 92.7 Å². The van der Waals surface area contributed by atoms with E-state index in [0.717, 1.165) is 0 Å². The Morgan fingerprint density at radius 2 is 2.04 bits per heavy atom. The van der Waals surface area contributed by atoms with Gasteiger partial charge in [0.25, 0.3) is 5.56 Å². The van der Waals surface area contributed by atoms with Crippen molar-refractivity contribution in [3.05, 3.63) is 52.7 Å². The van der Waals surface area contributed by atoms with Gasteiger partial charge in [0, 0.05) is 17.8 Å². The molecule has 1 amide bonds. The highest BCUT2D eigenvalue weighted by Gasteiger charge is 2.15. The Hall–Kier alpha value is -2.96. The Labute approximate surface area is 132 Å². The van der Waals surface area contributed by atoms with E-state index in [4.69, 9.17) is 0 Å². The molecule has 2 aromatic heterocycles. The minimum Gasteiger partial charge on any atom is -0.331 e. The zero-order valence-corrected chi connectivity index (χ0v) is 12.9. The van der Waals surface area contributed by atoms with E-state index in [2.05, 4.69) is 20.4 Å². The molecule has 3 aromatic rings. The highest BCUT2D eigenvalue weighted by Crippen LogP contribution is 2.15. The molecule has 7 heteroatoms. The van der Waals surface area contributed by atoms with Crippen LogP contribution in [-0.4, -0.2) is 25.7 Å². The van der Waals surface area contributed by atoms with Crippen LogP contribution >= 0.6 is 0 Å². The predicted octanol–water partition coefficient (Wildman–Crippen LogP) is 1.88. The van der Waals surface area contributed by atoms with Crippen molar-refractivity contribution in [2.75, 3.05) is 5.32 Å². The van der Waals surface area contributed by atoms with Crippen LogP contribution in [0.1, 0.15) is 25.6 Å². The van der Waals surface area contributed by atoms with Crippen molar-refractivity contribution in [2.24, 2.45) is 0 Å². The summed E-state index contributed by atoms with van der Waals surface area (Å²) in [5.41, 5.74) is 0.420. The number of imidazole rings is 1. The van der Waals surface area contributed by atoms with E-state index >= 15 is 0 Å². The van der Waals surface area contributed by atoms with E-state index < -0.39 is 0 Å². The molecule has 23 heavy (non-hydrogen) atoms. The number of hydrogen-bond acceptors (Lipinski definition) is 4. The fourth-order valence-electron chi connectivity index (χ4n) is 2.42. The van der Waals surface area contributed by atoms with Gasteiger partial charge in [-0.2, -0.15) is 5.10 Å². The molecule has 0 spiro atoms. The number of aromatic nitrogens is 4. The highest BCUT2D eigenvalue weighted by molar-refractivity contribution is 5.94. The molecule has 118 valence electrons. The van der Waals surface area contributed by atoms with Gasteiger partial charge in [-0.05, 0) is 19.9 Å². The number of amides is 1. The molecule has 0 aliphatic carbocycles. The first-order valence-electron chi connectivity index (χ1n) is 7.36. The van der Waals surface area contributed by atoms with Crippen LogP contribution in [0.4, 0.5) is 5.95 Å². The summed E-state index contributed by atoms with van der Waals surface area (Å²) in [6.07, 6.45) is 3.25. The molecule has 0 unspecified atom stereocenters. The van der Waals surface area contributed by atoms with Crippen molar-refractivity contribution < 1.29 is 4.79 Å². The van der Waals surface area contributed by atoms with Crippen molar-refractivity contribution in [2.45, 2.75) is 26.3 Å². The lowest BCUT2D eigenvalue weighted by Gasteiger charge is -2.13. The molecule has 7 nitrogen and oxygen atoms in total. The number of fused-ring (bicyclic) bond motifs is 1. The number of hydrogen-bond donors (Lipinski definition) is 2. The minimum absolute atomic E-state index is 0.0637. The Balaban J connectivity index is 2.01. The predicted molar refractivity (Wildman–Crippen MR) is 87.3 cm³/mol. The molecule has 0 saturated heterocycles. The number of aromatic amines is 1. The quantitative estimate of drug-likeness (QED) is 0.769. The second-order valence-corrected chi connectivity index (χ2v) is 5.50. The monoisotopic (exact) mass is 311 g/mol. The maximum Gasteiger partial charge on any atom is 0.274 e. The number of benzene rings is 1. The van der Waals surface area contributed by atoms with Crippen molar-refractivity contribution in [1.82, 2.24) is 19.7 Å². The third-order valence-electron chi connectivity index (χ3n) is 3.48. The SMILES string of the molecule is CC(C)n1nc(CC(=O)Nc2ncc[nH]2)c2ccccc2c1=O. The molecular weight excluding hydrogens is 294 g/mol. The molecular formula is C16H17N5O2. The van der Waals surface area contributed by atoms with Gasteiger partial charge < -0.3 is 4.98 Å². The van der Waals surface area contributed by atoms with Crippen LogP contribution in [0.5, 0.6) is 0 Å². The van der Waals surface area contributed by atoms with E-state index in [1.54, 1.807) is 24.5 Å². The third kappa shape index (κ3) is 2.98. The molecule has 0 saturated carbocycles.